The number of hydrogen-bond donors (Lipinski definition) is 1. The van der Waals surface area contributed by atoms with Gasteiger partial charge in [0.25, 0.3) is 0 Å². The Hall–Kier alpha value is -1.72. The van der Waals surface area contributed by atoms with E-state index in [2.05, 4.69) is 35.9 Å². The van der Waals surface area contributed by atoms with Crippen LogP contribution in [0.3, 0.4) is 0 Å². The first-order valence-corrected chi connectivity index (χ1v) is 7.19. The molecule has 1 aromatic carbocycles. The Labute approximate surface area is 126 Å². The van der Waals surface area contributed by atoms with Gasteiger partial charge in [0.05, 0.1) is 24.2 Å². The molecule has 0 aliphatic rings. The average molecular weight is 288 g/mol. The molecule has 0 aliphatic heterocycles. The van der Waals surface area contributed by atoms with Gasteiger partial charge in [-0.25, -0.2) is 0 Å². The molecule has 0 radical (unpaired) electrons. The average Bonchev–Trinajstić information content (AvgIpc) is 2.87. The van der Waals surface area contributed by atoms with E-state index in [1.165, 1.54) is 0 Å². The van der Waals surface area contributed by atoms with Crippen LogP contribution in [0.5, 0.6) is 0 Å². The maximum Gasteiger partial charge on any atom is 0.0971 e. The Morgan fingerprint density at radius 3 is 2.48 bits per heavy atom. The quantitative estimate of drug-likeness (QED) is 0.915. The van der Waals surface area contributed by atoms with E-state index in [1.807, 2.05) is 37.4 Å². The van der Waals surface area contributed by atoms with Crippen LogP contribution < -0.4 is 0 Å². The lowest BCUT2D eigenvalue weighted by atomic mass is 9.86. The molecular formula is C16H24N4O. The number of nitrogens with zero attached hydrogens (tertiary/aromatic N) is 4. The molecule has 1 unspecified atom stereocenters. The zero-order valence-corrected chi connectivity index (χ0v) is 13.2. The Morgan fingerprint density at radius 1 is 1.24 bits per heavy atom. The molecule has 0 bridgehead atoms. The number of likely N-dealkylation sites (N-methyl/N-ethyl adjacent to an activating group) is 1. The van der Waals surface area contributed by atoms with E-state index >= 15 is 0 Å². The van der Waals surface area contributed by atoms with Gasteiger partial charge in [-0.2, -0.15) is 15.0 Å². The molecule has 0 fully saturated rings. The number of aliphatic hydroxyl groups is 1. The van der Waals surface area contributed by atoms with Crippen molar-refractivity contribution in [3.8, 4) is 5.69 Å². The molecule has 2 aromatic rings. The van der Waals surface area contributed by atoms with Crippen LogP contribution in [0.2, 0.25) is 0 Å². The van der Waals surface area contributed by atoms with E-state index in [1.54, 1.807) is 11.0 Å². The summed E-state index contributed by atoms with van der Waals surface area (Å²) in [6.45, 7) is 7.18. The molecule has 0 saturated carbocycles. The van der Waals surface area contributed by atoms with Crippen LogP contribution in [0, 0.1) is 5.41 Å². The molecule has 0 amide bonds. The van der Waals surface area contributed by atoms with Crippen molar-refractivity contribution in [2.45, 2.75) is 33.4 Å². The minimum atomic E-state index is 0.0128. The monoisotopic (exact) mass is 288 g/mol. The predicted molar refractivity (Wildman–Crippen MR) is 83.2 cm³/mol. The van der Waals surface area contributed by atoms with Crippen LogP contribution in [0.1, 0.15) is 26.5 Å². The van der Waals surface area contributed by atoms with Gasteiger partial charge in [-0.15, -0.1) is 0 Å². The standard InChI is InChI=1S/C16H24N4O/c1-16(2,3)15(12-21)19(4)11-13-10-17-20(18-13)14-8-6-5-7-9-14/h5-10,15,21H,11-12H2,1-4H3. The molecule has 0 saturated heterocycles. The number of aromatic nitrogens is 3. The van der Waals surface area contributed by atoms with E-state index in [0.717, 1.165) is 11.4 Å². The molecule has 1 heterocycles. The van der Waals surface area contributed by atoms with Gasteiger partial charge in [-0.1, -0.05) is 39.0 Å². The van der Waals surface area contributed by atoms with E-state index < -0.39 is 0 Å². The largest absolute Gasteiger partial charge is 0.395 e. The van der Waals surface area contributed by atoms with Crippen molar-refractivity contribution in [1.82, 2.24) is 19.9 Å². The smallest absolute Gasteiger partial charge is 0.0971 e. The third kappa shape index (κ3) is 3.89. The second kappa shape index (κ2) is 6.37. The molecule has 0 spiro atoms. The zero-order chi connectivity index (χ0) is 15.5. The van der Waals surface area contributed by atoms with Crippen LogP contribution in [-0.4, -0.2) is 44.7 Å². The fourth-order valence-corrected chi connectivity index (χ4v) is 2.49. The number of hydrogen-bond acceptors (Lipinski definition) is 4. The number of benzene rings is 1. The second-order valence-corrected chi connectivity index (χ2v) is 6.44. The predicted octanol–water partition coefficient (Wildman–Crippen LogP) is 2.11. The lowest BCUT2D eigenvalue weighted by Crippen LogP contribution is -2.44. The van der Waals surface area contributed by atoms with Crippen LogP contribution in [-0.2, 0) is 6.54 Å². The summed E-state index contributed by atoms with van der Waals surface area (Å²) >= 11 is 0. The second-order valence-electron chi connectivity index (χ2n) is 6.44. The van der Waals surface area contributed by atoms with Gasteiger partial charge in [0.15, 0.2) is 0 Å². The zero-order valence-electron chi connectivity index (χ0n) is 13.2. The molecule has 2 rings (SSSR count). The summed E-state index contributed by atoms with van der Waals surface area (Å²) in [6.07, 6.45) is 1.78. The highest BCUT2D eigenvalue weighted by atomic mass is 16.3. The van der Waals surface area contributed by atoms with Crippen molar-refractivity contribution >= 4 is 0 Å². The molecule has 5 heteroatoms. The Balaban J connectivity index is 2.09. The summed E-state index contributed by atoms with van der Waals surface area (Å²) in [5, 5.41) is 18.4. The van der Waals surface area contributed by atoms with Gasteiger partial charge in [0.2, 0.25) is 0 Å². The van der Waals surface area contributed by atoms with E-state index in [9.17, 15) is 5.11 Å². The van der Waals surface area contributed by atoms with Crippen molar-refractivity contribution in [2.75, 3.05) is 13.7 Å². The maximum absolute atomic E-state index is 9.61. The molecule has 1 N–H and O–H groups in total. The van der Waals surface area contributed by atoms with E-state index in [0.29, 0.717) is 6.54 Å². The van der Waals surface area contributed by atoms with Gasteiger partial charge >= 0.3 is 0 Å². The van der Waals surface area contributed by atoms with Crippen LogP contribution >= 0.6 is 0 Å². The number of aliphatic hydroxyl groups excluding tert-OH is 1. The van der Waals surface area contributed by atoms with Gasteiger partial charge < -0.3 is 5.11 Å². The SMILES string of the molecule is CN(Cc1cnn(-c2ccccc2)n1)C(CO)C(C)(C)C. The van der Waals surface area contributed by atoms with E-state index in [4.69, 9.17) is 0 Å². The van der Waals surface area contributed by atoms with Crippen LogP contribution in [0.25, 0.3) is 5.69 Å². The van der Waals surface area contributed by atoms with Crippen LogP contribution in [0.4, 0.5) is 0 Å². The van der Waals surface area contributed by atoms with Crippen molar-refractivity contribution < 1.29 is 5.11 Å². The normalized spacial score (nSPS) is 13.6. The van der Waals surface area contributed by atoms with Gasteiger partial charge in [0.1, 0.15) is 0 Å². The van der Waals surface area contributed by atoms with Gasteiger partial charge in [-0.05, 0) is 24.6 Å². The molecule has 5 nitrogen and oxygen atoms in total. The van der Waals surface area contributed by atoms with Gasteiger partial charge in [-0.3, -0.25) is 4.90 Å². The Kier molecular flexibility index (Phi) is 4.75. The van der Waals surface area contributed by atoms with Crippen molar-refractivity contribution in [1.29, 1.82) is 0 Å². The fraction of sp³-hybridized carbons (Fsp3) is 0.500. The summed E-state index contributed by atoms with van der Waals surface area (Å²) in [5.41, 5.74) is 1.85. The molecule has 1 atom stereocenters. The van der Waals surface area contributed by atoms with Gasteiger partial charge in [0, 0.05) is 12.6 Å². The minimum Gasteiger partial charge on any atom is -0.395 e. The summed E-state index contributed by atoms with van der Waals surface area (Å²) in [7, 11) is 2.01. The molecule has 1 aromatic heterocycles. The third-order valence-electron chi connectivity index (χ3n) is 3.64. The Morgan fingerprint density at radius 2 is 1.90 bits per heavy atom. The summed E-state index contributed by atoms with van der Waals surface area (Å²) < 4.78 is 0. The minimum absolute atomic E-state index is 0.0128. The highest BCUT2D eigenvalue weighted by Gasteiger charge is 2.28. The topological polar surface area (TPSA) is 54.2 Å². The highest BCUT2D eigenvalue weighted by molar-refractivity contribution is 5.28. The maximum atomic E-state index is 9.61. The van der Waals surface area contributed by atoms with Crippen LogP contribution in [0.15, 0.2) is 36.5 Å². The first kappa shape index (κ1) is 15.7. The molecule has 114 valence electrons. The molecule has 0 aliphatic carbocycles. The summed E-state index contributed by atoms with van der Waals surface area (Å²) in [6, 6.07) is 9.92. The highest BCUT2D eigenvalue weighted by Crippen LogP contribution is 2.24. The molecular weight excluding hydrogens is 264 g/mol. The first-order valence-electron chi connectivity index (χ1n) is 7.19. The summed E-state index contributed by atoms with van der Waals surface area (Å²) in [5.74, 6) is 0. The van der Waals surface area contributed by atoms with Crippen molar-refractivity contribution in [3.63, 3.8) is 0 Å². The number of rotatable bonds is 5. The van der Waals surface area contributed by atoms with E-state index in [-0.39, 0.29) is 18.1 Å². The Bertz CT molecular complexity index is 559. The van der Waals surface area contributed by atoms with Crippen molar-refractivity contribution in [2.24, 2.45) is 5.41 Å². The third-order valence-corrected chi connectivity index (χ3v) is 3.64. The number of para-hydroxylation sites is 1. The fourth-order valence-electron chi connectivity index (χ4n) is 2.49. The van der Waals surface area contributed by atoms with Crippen molar-refractivity contribution in [3.05, 3.63) is 42.2 Å². The molecule has 21 heavy (non-hydrogen) atoms. The first-order chi connectivity index (χ1) is 9.91. The lowest BCUT2D eigenvalue weighted by molar-refractivity contribution is 0.0606. The summed E-state index contributed by atoms with van der Waals surface area (Å²) in [4.78, 5) is 3.76. The lowest BCUT2D eigenvalue weighted by Gasteiger charge is -2.36.